The highest BCUT2D eigenvalue weighted by molar-refractivity contribution is 6.67. The molecule has 0 bridgehead atoms. The number of alkyl halides is 3. The molecule has 1 aliphatic heterocycles. The molecule has 8 heteroatoms. The minimum absolute atomic E-state index is 0.107. The zero-order valence-electron chi connectivity index (χ0n) is 10.9. The number of ether oxygens (including phenoxy) is 2. The number of hydrogen-bond donors (Lipinski definition) is 1. The lowest BCUT2D eigenvalue weighted by Gasteiger charge is -2.18. The van der Waals surface area contributed by atoms with Crippen molar-refractivity contribution < 1.29 is 19.4 Å². The summed E-state index contributed by atoms with van der Waals surface area (Å²) >= 11 is 16.5. The number of nitrogens with zero attached hydrogens (tertiary/aromatic N) is 1. The number of β-amino-alcohol motifs (C(OH)–C–C–N with tert-alkyl or cyclic N) is 1. The Morgan fingerprint density at radius 3 is 2.57 bits per heavy atom. The zero-order chi connectivity index (χ0) is 15.5. The number of carbonyl (C=O) groups excluding carboxylic acids is 1. The fourth-order valence-electron chi connectivity index (χ4n) is 1.93. The molecule has 1 N–H and O–H groups in total. The Hall–Kier alpha value is -0.880. The summed E-state index contributed by atoms with van der Waals surface area (Å²) < 4.78 is 8.84. The molecule has 5 nitrogen and oxygen atoms in total. The molecule has 1 aromatic rings. The first kappa shape index (κ1) is 16.5. The first-order valence-corrected chi connectivity index (χ1v) is 7.37. The normalized spacial score (nSPS) is 22.2. The van der Waals surface area contributed by atoms with E-state index < -0.39 is 22.1 Å². The molecule has 2 rings (SSSR count). The molecule has 1 amide bonds. The van der Waals surface area contributed by atoms with Crippen molar-refractivity contribution in [2.75, 3.05) is 19.7 Å². The number of benzene rings is 1. The summed E-state index contributed by atoms with van der Waals surface area (Å²) in [5, 5.41) is 9.95. The molecule has 0 aliphatic carbocycles. The topological polar surface area (TPSA) is 59.0 Å². The van der Waals surface area contributed by atoms with E-state index in [0.29, 0.717) is 5.75 Å². The number of hydrogen-bond acceptors (Lipinski definition) is 4. The molecule has 1 saturated heterocycles. The van der Waals surface area contributed by atoms with Gasteiger partial charge in [-0.05, 0) is 12.1 Å². The lowest BCUT2D eigenvalue weighted by molar-refractivity contribution is 0.0735. The van der Waals surface area contributed by atoms with E-state index in [1.807, 2.05) is 18.2 Å². The number of carbonyl (C=O) groups is 1. The Morgan fingerprint density at radius 1 is 1.29 bits per heavy atom. The summed E-state index contributed by atoms with van der Waals surface area (Å²) in [6.07, 6.45) is -1.97. The molecule has 0 spiro atoms. The van der Waals surface area contributed by atoms with Crippen LogP contribution in [0.4, 0.5) is 4.79 Å². The zero-order valence-corrected chi connectivity index (χ0v) is 13.2. The highest BCUT2D eigenvalue weighted by atomic mass is 35.6. The van der Waals surface area contributed by atoms with Crippen LogP contribution in [0.15, 0.2) is 30.3 Å². The fourth-order valence-corrected chi connectivity index (χ4v) is 2.09. The van der Waals surface area contributed by atoms with E-state index in [0.717, 1.165) is 0 Å². The average Bonchev–Trinajstić information content (AvgIpc) is 2.78. The third-order valence-electron chi connectivity index (χ3n) is 2.89. The highest BCUT2D eigenvalue weighted by Gasteiger charge is 2.37. The average molecular weight is 355 g/mol. The van der Waals surface area contributed by atoms with E-state index in [1.165, 1.54) is 4.90 Å². The second-order valence-electron chi connectivity index (χ2n) is 4.61. The van der Waals surface area contributed by atoms with Crippen molar-refractivity contribution in [1.29, 1.82) is 0 Å². The predicted molar refractivity (Wildman–Crippen MR) is 80.1 cm³/mol. The summed E-state index contributed by atoms with van der Waals surface area (Å²) in [6, 6.07) is 9.05. The van der Waals surface area contributed by atoms with Crippen LogP contribution in [-0.4, -0.2) is 51.8 Å². The molecule has 0 unspecified atom stereocenters. The second kappa shape index (κ2) is 6.92. The Bertz CT molecular complexity index is 480. The lowest BCUT2D eigenvalue weighted by atomic mass is 10.2. The van der Waals surface area contributed by atoms with Gasteiger partial charge in [0, 0.05) is 0 Å². The van der Waals surface area contributed by atoms with Crippen molar-refractivity contribution in [3.8, 4) is 5.75 Å². The Morgan fingerprint density at radius 2 is 1.95 bits per heavy atom. The molecule has 1 aromatic carbocycles. The second-order valence-corrected chi connectivity index (χ2v) is 7.13. The summed E-state index contributed by atoms with van der Waals surface area (Å²) in [5.74, 6) is 0.623. The molecule has 1 fully saturated rings. The fraction of sp³-hybridized carbons (Fsp3) is 0.462. The number of rotatable bonds is 3. The van der Waals surface area contributed by atoms with E-state index in [2.05, 4.69) is 0 Å². The van der Waals surface area contributed by atoms with Gasteiger partial charge in [0.2, 0.25) is 3.79 Å². The molecule has 0 radical (unpaired) electrons. The van der Waals surface area contributed by atoms with Crippen molar-refractivity contribution in [2.45, 2.75) is 16.0 Å². The van der Waals surface area contributed by atoms with E-state index >= 15 is 0 Å². The van der Waals surface area contributed by atoms with Crippen molar-refractivity contribution in [3.05, 3.63) is 30.3 Å². The minimum Gasteiger partial charge on any atom is -0.486 e. The highest BCUT2D eigenvalue weighted by Crippen LogP contribution is 2.26. The predicted octanol–water partition coefficient (Wildman–Crippen LogP) is 2.62. The smallest absolute Gasteiger partial charge is 0.410 e. The standard InChI is InChI=1S/C13H14Cl3NO4/c14-13(15,16)8-20-12(19)17-6-10(18)11(7-17)21-9-4-2-1-3-5-9/h1-5,10-11,18H,6-8H2/t10-,11-/m1/s1. The number of amides is 1. The molecular weight excluding hydrogens is 341 g/mol. The molecular formula is C13H14Cl3NO4. The van der Waals surface area contributed by atoms with Crippen molar-refractivity contribution in [1.82, 2.24) is 4.90 Å². The summed E-state index contributed by atoms with van der Waals surface area (Å²) in [7, 11) is 0. The van der Waals surface area contributed by atoms with Crippen LogP contribution in [0.25, 0.3) is 0 Å². The van der Waals surface area contributed by atoms with Gasteiger partial charge in [-0.2, -0.15) is 0 Å². The van der Waals surface area contributed by atoms with Crippen LogP contribution >= 0.6 is 34.8 Å². The van der Waals surface area contributed by atoms with Crippen LogP contribution in [0.1, 0.15) is 0 Å². The van der Waals surface area contributed by atoms with E-state index in [9.17, 15) is 9.90 Å². The minimum atomic E-state index is -1.66. The molecule has 1 heterocycles. The number of para-hydroxylation sites is 1. The Labute approximate surface area is 137 Å². The summed E-state index contributed by atoms with van der Waals surface area (Å²) in [4.78, 5) is 13.1. The largest absolute Gasteiger partial charge is 0.486 e. The van der Waals surface area contributed by atoms with Gasteiger partial charge < -0.3 is 19.5 Å². The van der Waals surface area contributed by atoms with Gasteiger partial charge in [-0.1, -0.05) is 53.0 Å². The third kappa shape index (κ3) is 5.11. The van der Waals surface area contributed by atoms with Gasteiger partial charge in [-0.15, -0.1) is 0 Å². The van der Waals surface area contributed by atoms with Gasteiger partial charge in [-0.25, -0.2) is 4.79 Å². The van der Waals surface area contributed by atoms with Gasteiger partial charge >= 0.3 is 6.09 Å². The van der Waals surface area contributed by atoms with Crippen LogP contribution in [0.5, 0.6) is 5.75 Å². The number of aliphatic hydroxyl groups is 1. The van der Waals surface area contributed by atoms with Gasteiger partial charge in [0.05, 0.1) is 13.1 Å². The maximum absolute atomic E-state index is 11.8. The molecule has 21 heavy (non-hydrogen) atoms. The van der Waals surface area contributed by atoms with Crippen molar-refractivity contribution >= 4 is 40.9 Å². The molecule has 0 saturated carbocycles. The summed E-state index contributed by atoms with van der Waals surface area (Å²) in [5.41, 5.74) is 0. The molecule has 2 atom stereocenters. The van der Waals surface area contributed by atoms with Crippen molar-refractivity contribution in [2.24, 2.45) is 0 Å². The maximum atomic E-state index is 11.8. The maximum Gasteiger partial charge on any atom is 0.410 e. The quantitative estimate of drug-likeness (QED) is 0.848. The van der Waals surface area contributed by atoms with Crippen LogP contribution in [0, 0.1) is 0 Å². The monoisotopic (exact) mass is 353 g/mol. The Balaban J connectivity index is 1.87. The number of likely N-dealkylation sites (tertiary alicyclic amines) is 1. The van der Waals surface area contributed by atoms with Crippen molar-refractivity contribution in [3.63, 3.8) is 0 Å². The first-order valence-electron chi connectivity index (χ1n) is 6.23. The molecule has 0 aromatic heterocycles. The molecule has 116 valence electrons. The first-order chi connectivity index (χ1) is 9.85. The van der Waals surface area contributed by atoms with Gasteiger partial charge in [0.15, 0.2) is 0 Å². The SMILES string of the molecule is O=C(OCC(Cl)(Cl)Cl)N1C[C@@H](O)[C@H](Oc2ccccc2)C1. The molecule has 1 aliphatic rings. The van der Waals surface area contributed by atoms with Crippen LogP contribution < -0.4 is 4.74 Å². The third-order valence-corrected chi connectivity index (χ3v) is 3.21. The van der Waals surface area contributed by atoms with Crippen LogP contribution in [-0.2, 0) is 4.74 Å². The van der Waals surface area contributed by atoms with E-state index in [-0.39, 0.29) is 19.7 Å². The summed E-state index contributed by atoms with van der Waals surface area (Å²) in [6.45, 7) is -0.0434. The Kier molecular flexibility index (Phi) is 5.43. The number of aliphatic hydroxyl groups excluding tert-OH is 1. The number of halogens is 3. The van der Waals surface area contributed by atoms with E-state index in [1.54, 1.807) is 12.1 Å². The van der Waals surface area contributed by atoms with E-state index in [4.69, 9.17) is 44.3 Å². The van der Waals surface area contributed by atoms with Crippen LogP contribution in [0.3, 0.4) is 0 Å². The lowest BCUT2D eigenvalue weighted by Crippen LogP contribution is -2.33. The van der Waals surface area contributed by atoms with Gasteiger partial charge in [0.1, 0.15) is 24.6 Å². The van der Waals surface area contributed by atoms with Gasteiger partial charge in [0.25, 0.3) is 0 Å². The van der Waals surface area contributed by atoms with Crippen LogP contribution in [0.2, 0.25) is 0 Å². The van der Waals surface area contributed by atoms with Gasteiger partial charge in [-0.3, -0.25) is 0 Å².